The van der Waals surface area contributed by atoms with Crippen molar-refractivity contribution in [3.05, 3.63) is 38.3 Å². The molecular weight excluding hydrogens is 346 g/mol. The summed E-state index contributed by atoms with van der Waals surface area (Å²) < 4.78 is 0.550. The molecule has 0 aromatic heterocycles. The Morgan fingerprint density at radius 3 is 2.73 bits per heavy atom. The van der Waals surface area contributed by atoms with Crippen molar-refractivity contribution in [1.82, 2.24) is 10.2 Å². The summed E-state index contributed by atoms with van der Waals surface area (Å²) in [6.45, 7) is 6.18. The van der Waals surface area contributed by atoms with E-state index in [-0.39, 0.29) is 16.7 Å². The predicted molar refractivity (Wildman–Crippen MR) is 92.1 cm³/mol. The van der Waals surface area contributed by atoms with Gasteiger partial charge in [0.2, 0.25) is 0 Å². The van der Waals surface area contributed by atoms with Gasteiger partial charge in [-0.05, 0) is 34.0 Å². The van der Waals surface area contributed by atoms with Crippen LogP contribution < -0.4 is 5.32 Å². The molecule has 1 atom stereocenters. The van der Waals surface area contributed by atoms with Crippen LogP contribution in [0.25, 0.3) is 0 Å². The van der Waals surface area contributed by atoms with E-state index in [2.05, 4.69) is 33.1 Å². The first-order valence-corrected chi connectivity index (χ1v) is 8.81. The van der Waals surface area contributed by atoms with Gasteiger partial charge in [0.1, 0.15) is 0 Å². The Bertz CT molecular complexity index is 504. The van der Waals surface area contributed by atoms with E-state index < -0.39 is 0 Å². The summed E-state index contributed by atoms with van der Waals surface area (Å²) in [6, 6.07) is 5.85. The number of nitro benzene ring substituents is 1. The summed E-state index contributed by atoms with van der Waals surface area (Å²) in [7, 11) is 0. The first-order chi connectivity index (χ1) is 10.6. The Kier molecular flexibility index (Phi) is 6.79. The molecule has 1 aromatic carbocycles. The fourth-order valence-corrected chi connectivity index (χ4v) is 3.41. The molecule has 1 fully saturated rings. The van der Waals surface area contributed by atoms with Gasteiger partial charge in [0.05, 0.1) is 9.40 Å². The van der Waals surface area contributed by atoms with Gasteiger partial charge in [-0.15, -0.1) is 0 Å². The van der Waals surface area contributed by atoms with E-state index in [0.717, 1.165) is 44.6 Å². The molecule has 0 aliphatic carbocycles. The van der Waals surface area contributed by atoms with Crippen LogP contribution in [0.15, 0.2) is 22.7 Å². The Morgan fingerprint density at radius 2 is 2.09 bits per heavy atom. The van der Waals surface area contributed by atoms with E-state index in [0.29, 0.717) is 4.47 Å². The van der Waals surface area contributed by atoms with E-state index in [1.807, 2.05) is 12.1 Å². The van der Waals surface area contributed by atoms with Crippen LogP contribution in [0, 0.1) is 10.1 Å². The maximum atomic E-state index is 11.2. The fraction of sp³-hybridized carbons (Fsp3) is 0.625. The molecule has 1 saturated heterocycles. The molecule has 0 unspecified atom stereocenters. The van der Waals surface area contributed by atoms with Crippen LogP contribution in [0.4, 0.5) is 5.69 Å². The van der Waals surface area contributed by atoms with Crippen molar-refractivity contribution in [2.75, 3.05) is 26.2 Å². The zero-order valence-electron chi connectivity index (χ0n) is 13.1. The normalized spacial score (nSPS) is 17.4. The number of piperazine rings is 1. The molecule has 0 saturated carbocycles. The lowest BCUT2D eigenvalue weighted by Gasteiger charge is -2.35. The van der Waals surface area contributed by atoms with Crippen molar-refractivity contribution in [2.24, 2.45) is 0 Å². The molecule has 1 aliphatic rings. The van der Waals surface area contributed by atoms with Crippen LogP contribution in [0.2, 0.25) is 0 Å². The Balaban J connectivity index is 2.22. The summed E-state index contributed by atoms with van der Waals surface area (Å²) in [4.78, 5) is 13.3. The SMILES string of the molecule is CCCCC[C@@H](c1ccc(Br)c([N+](=O)[O-])c1)N1CCNCC1. The number of hydrogen-bond donors (Lipinski definition) is 1. The van der Waals surface area contributed by atoms with Gasteiger partial charge in [-0.2, -0.15) is 0 Å². The van der Waals surface area contributed by atoms with Gasteiger partial charge in [-0.3, -0.25) is 15.0 Å². The molecule has 22 heavy (non-hydrogen) atoms. The highest BCUT2D eigenvalue weighted by Gasteiger charge is 2.24. The van der Waals surface area contributed by atoms with Crippen molar-refractivity contribution >= 4 is 21.6 Å². The number of nitrogens with one attached hydrogen (secondary N) is 1. The maximum Gasteiger partial charge on any atom is 0.283 e. The molecule has 6 heteroatoms. The molecule has 1 heterocycles. The molecule has 0 radical (unpaired) electrons. The number of nitro groups is 1. The number of rotatable bonds is 7. The minimum Gasteiger partial charge on any atom is -0.314 e. The quantitative estimate of drug-likeness (QED) is 0.450. The van der Waals surface area contributed by atoms with Crippen molar-refractivity contribution in [1.29, 1.82) is 0 Å². The zero-order valence-corrected chi connectivity index (χ0v) is 14.6. The van der Waals surface area contributed by atoms with Gasteiger partial charge in [0.25, 0.3) is 5.69 Å². The van der Waals surface area contributed by atoms with Crippen LogP contribution >= 0.6 is 15.9 Å². The van der Waals surface area contributed by atoms with Gasteiger partial charge in [-0.25, -0.2) is 0 Å². The highest BCUT2D eigenvalue weighted by Crippen LogP contribution is 2.33. The second kappa shape index (κ2) is 8.60. The van der Waals surface area contributed by atoms with E-state index >= 15 is 0 Å². The summed E-state index contributed by atoms with van der Waals surface area (Å²) in [5.41, 5.74) is 1.22. The highest BCUT2D eigenvalue weighted by molar-refractivity contribution is 9.10. The number of hydrogen-bond acceptors (Lipinski definition) is 4. The topological polar surface area (TPSA) is 58.4 Å². The second-order valence-corrected chi connectivity index (χ2v) is 6.62. The van der Waals surface area contributed by atoms with Gasteiger partial charge >= 0.3 is 0 Å². The van der Waals surface area contributed by atoms with Crippen LogP contribution in [-0.4, -0.2) is 36.0 Å². The standard InChI is InChI=1S/C16H24BrN3O2/c1-2-3-4-5-15(19-10-8-18-9-11-19)13-6-7-14(17)16(12-13)20(21)22/h6-7,12,15,18H,2-5,8-11H2,1H3/t15-/m0/s1. The van der Waals surface area contributed by atoms with Gasteiger partial charge < -0.3 is 5.32 Å². The number of benzene rings is 1. The number of halogens is 1. The number of nitrogens with zero attached hydrogens (tertiary/aromatic N) is 2. The summed E-state index contributed by atoms with van der Waals surface area (Å²) in [6.07, 6.45) is 4.62. The van der Waals surface area contributed by atoms with Crippen LogP contribution in [0.1, 0.15) is 44.2 Å². The third-order valence-electron chi connectivity index (χ3n) is 4.23. The lowest BCUT2D eigenvalue weighted by molar-refractivity contribution is -0.385. The van der Waals surface area contributed by atoms with Gasteiger partial charge in [0.15, 0.2) is 0 Å². The van der Waals surface area contributed by atoms with E-state index in [1.54, 1.807) is 6.07 Å². The summed E-state index contributed by atoms with van der Waals surface area (Å²) >= 11 is 3.27. The molecule has 1 aliphatic heterocycles. The maximum absolute atomic E-state index is 11.2. The first-order valence-electron chi connectivity index (χ1n) is 8.02. The number of unbranched alkanes of at least 4 members (excludes halogenated alkanes) is 2. The van der Waals surface area contributed by atoms with Crippen molar-refractivity contribution in [3.63, 3.8) is 0 Å². The lowest BCUT2D eigenvalue weighted by Crippen LogP contribution is -2.45. The van der Waals surface area contributed by atoms with Crippen LogP contribution in [0.5, 0.6) is 0 Å². The predicted octanol–water partition coefficient (Wildman–Crippen LogP) is 3.88. The Hall–Kier alpha value is -0.980. The monoisotopic (exact) mass is 369 g/mol. The molecule has 1 aromatic rings. The third kappa shape index (κ3) is 4.51. The van der Waals surface area contributed by atoms with Crippen molar-refractivity contribution < 1.29 is 4.92 Å². The Morgan fingerprint density at radius 1 is 1.36 bits per heavy atom. The van der Waals surface area contributed by atoms with Gasteiger partial charge in [0, 0.05) is 38.3 Å². The highest BCUT2D eigenvalue weighted by atomic mass is 79.9. The zero-order chi connectivity index (χ0) is 15.9. The largest absolute Gasteiger partial charge is 0.314 e. The molecular formula is C16H24BrN3O2. The average Bonchev–Trinajstić information content (AvgIpc) is 2.53. The average molecular weight is 370 g/mol. The molecule has 0 amide bonds. The van der Waals surface area contributed by atoms with E-state index in [9.17, 15) is 10.1 Å². The molecule has 122 valence electrons. The lowest BCUT2D eigenvalue weighted by atomic mass is 9.97. The molecule has 0 spiro atoms. The molecule has 1 N–H and O–H groups in total. The van der Waals surface area contributed by atoms with Crippen LogP contribution in [-0.2, 0) is 0 Å². The van der Waals surface area contributed by atoms with Gasteiger partial charge in [-0.1, -0.05) is 32.3 Å². The second-order valence-electron chi connectivity index (χ2n) is 5.77. The summed E-state index contributed by atoms with van der Waals surface area (Å²) in [5, 5.41) is 14.6. The first kappa shape index (κ1) is 17.4. The van der Waals surface area contributed by atoms with Crippen molar-refractivity contribution in [3.8, 4) is 0 Å². The summed E-state index contributed by atoms with van der Waals surface area (Å²) in [5.74, 6) is 0. The Labute approximate surface area is 140 Å². The minimum absolute atomic E-state index is 0.160. The minimum atomic E-state index is -0.311. The molecule has 5 nitrogen and oxygen atoms in total. The molecule has 2 rings (SSSR count). The smallest absolute Gasteiger partial charge is 0.283 e. The fourth-order valence-electron chi connectivity index (χ4n) is 3.02. The third-order valence-corrected chi connectivity index (χ3v) is 4.90. The molecule has 0 bridgehead atoms. The van der Waals surface area contributed by atoms with E-state index in [1.165, 1.54) is 12.8 Å². The van der Waals surface area contributed by atoms with Crippen molar-refractivity contribution in [2.45, 2.75) is 38.6 Å². The van der Waals surface area contributed by atoms with Crippen LogP contribution in [0.3, 0.4) is 0 Å². The van der Waals surface area contributed by atoms with E-state index in [4.69, 9.17) is 0 Å².